The molecule has 0 saturated carbocycles. The van der Waals surface area contributed by atoms with E-state index in [1.165, 1.54) is 24.3 Å². The van der Waals surface area contributed by atoms with Crippen LogP contribution in [0.25, 0.3) is 16.7 Å². The van der Waals surface area contributed by atoms with Crippen molar-refractivity contribution in [2.45, 2.75) is 17.9 Å². The first-order valence-corrected chi connectivity index (χ1v) is 9.76. The number of fused-ring (bicyclic) bond motifs is 1. The van der Waals surface area contributed by atoms with Crippen LogP contribution in [0.1, 0.15) is 11.6 Å². The van der Waals surface area contributed by atoms with Crippen LogP contribution in [0.4, 0.5) is 23.2 Å². The van der Waals surface area contributed by atoms with Gasteiger partial charge in [0.05, 0.1) is 42.2 Å². The van der Waals surface area contributed by atoms with Crippen molar-refractivity contribution in [2.24, 2.45) is 0 Å². The monoisotopic (exact) mass is 437 g/mol. The highest BCUT2D eigenvalue weighted by molar-refractivity contribution is 5.94. The summed E-state index contributed by atoms with van der Waals surface area (Å²) < 4.78 is 57.2. The Bertz CT molecular complexity index is 1110. The zero-order valence-electron chi connectivity index (χ0n) is 16.2. The normalized spacial score (nSPS) is 18.7. The minimum absolute atomic E-state index is 0.0691. The number of nitrogens with zero attached hydrogens (tertiary/aromatic N) is 4. The van der Waals surface area contributed by atoms with Gasteiger partial charge in [0.25, 0.3) is 0 Å². The number of aliphatic hydroxyl groups is 1. The maximum Gasteiger partial charge on any atom is 0.573 e. The molecule has 2 N–H and O–H groups in total. The van der Waals surface area contributed by atoms with E-state index in [0.717, 1.165) is 29.9 Å². The molecule has 0 atom stereocenters. The summed E-state index contributed by atoms with van der Waals surface area (Å²) in [6.07, 6.45) is -3.17. The number of anilines is 1. The van der Waals surface area contributed by atoms with Gasteiger partial charge >= 0.3 is 6.36 Å². The van der Waals surface area contributed by atoms with Crippen LogP contribution in [0, 0.1) is 0 Å². The zero-order valence-corrected chi connectivity index (χ0v) is 16.2. The molecular formula is C20H19F4N5O2. The average molecular weight is 437 g/mol. The molecule has 0 aliphatic carbocycles. The van der Waals surface area contributed by atoms with Crippen molar-refractivity contribution >= 4 is 16.7 Å². The van der Waals surface area contributed by atoms with Gasteiger partial charge in [0.2, 0.25) is 0 Å². The van der Waals surface area contributed by atoms with Crippen molar-refractivity contribution in [3.63, 3.8) is 0 Å². The summed E-state index contributed by atoms with van der Waals surface area (Å²) >= 11 is 0. The molecule has 2 aromatic heterocycles. The fourth-order valence-corrected chi connectivity index (χ4v) is 3.96. The van der Waals surface area contributed by atoms with Crippen molar-refractivity contribution in [1.29, 1.82) is 0 Å². The third-order valence-electron chi connectivity index (χ3n) is 5.63. The van der Waals surface area contributed by atoms with Gasteiger partial charge in [-0.25, -0.2) is 14.1 Å². The molecule has 5 rings (SSSR count). The van der Waals surface area contributed by atoms with E-state index >= 15 is 0 Å². The Hall–Kier alpha value is -2.92. The maximum atomic E-state index is 14.3. The van der Waals surface area contributed by atoms with E-state index < -0.39 is 18.6 Å². The number of halogens is 4. The predicted octanol–water partition coefficient (Wildman–Crippen LogP) is 2.53. The van der Waals surface area contributed by atoms with Crippen molar-refractivity contribution in [2.75, 3.05) is 37.7 Å². The molecule has 0 bridgehead atoms. The van der Waals surface area contributed by atoms with Gasteiger partial charge in [0, 0.05) is 25.2 Å². The SMILES string of the molecule is OCC1(F)CN(c2ccnc3c2c(C2CNC2)nn3-c2ccc(OC(F)(F)F)cc2)C1. The number of hydrogen-bond acceptors (Lipinski definition) is 6. The van der Waals surface area contributed by atoms with Crippen molar-refractivity contribution in [1.82, 2.24) is 20.1 Å². The fourth-order valence-electron chi connectivity index (χ4n) is 3.96. The quantitative estimate of drug-likeness (QED) is 0.598. The second kappa shape index (κ2) is 7.06. The third-order valence-corrected chi connectivity index (χ3v) is 5.63. The maximum absolute atomic E-state index is 14.3. The van der Waals surface area contributed by atoms with Crippen molar-refractivity contribution in [3.05, 3.63) is 42.2 Å². The predicted molar refractivity (Wildman–Crippen MR) is 104 cm³/mol. The fraction of sp³-hybridized carbons (Fsp3) is 0.400. The molecule has 11 heteroatoms. The van der Waals surface area contributed by atoms with Gasteiger partial charge < -0.3 is 20.1 Å². The lowest BCUT2D eigenvalue weighted by molar-refractivity contribution is -0.274. The molecule has 2 fully saturated rings. The summed E-state index contributed by atoms with van der Waals surface area (Å²) in [6.45, 7) is 1.08. The van der Waals surface area contributed by atoms with Crippen LogP contribution < -0.4 is 15.0 Å². The minimum Gasteiger partial charge on any atom is -0.406 e. The van der Waals surface area contributed by atoms with Gasteiger partial charge in [-0.05, 0) is 30.3 Å². The number of hydrogen-bond donors (Lipinski definition) is 2. The van der Waals surface area contributed by atoms with Gasteiger partial charge in [-0.2, -0.15) is 5.10 Å². The number of alkyl halides is 4. The van der Waals surface area contributed by atoms with Crippen molar-refractivity contribution in [3.8, 4) is 11.4 Å². The highest BCUT2D eigenvalue weighted by atomic mass is 19.4. The molecule has 164 valence electrons. The lowest BCUT2D eigenvalue weighted by atomic mass is 9.93. The summed E-state index contributed by atoms with van der Waals surface area (Å²) in [6, 6.07) is 7.19. The van der Waals surface area contributed by atoms with E-state index in [2.05, 4.69) is 15.0 Å². The Morgan fingerprint density at radius 3 is 2.45 bits per heavy atom. The third kappa shape index (κ3) is 3.57. The second-order valence-electron chi connectivity index (χ2n) is 7.89. The molecule has 2 aliphatic heterocycles. The van der Waals surface area contributed by atoms with Crippen molar-refractivity contribution < 1.29 is 27.4 Å². The topological polar surface area (TPSA) is 75.4 Å². The molecule has 7 nitrogen and oxygen atoms in total. The molecule has 2 saturated heterocycles. The van der Waals surface area contributed by atoms with Crippen LogP contribution in [0.2, 0.25) is 0 Å². The van der Waals surface area contributed by atoms with Crippen LogP contribution in [-0.2, 0) is 0 Å². The number of ether oxygens (including phenoxy) is 1. The first kappa shape index (κ1) is 20.0. The highest BCUT2D eigenvalue weighted by Gasteiger charge is 2.44. The van der Waals surface area contributed by atoms with Crippen LogP contribution in [0.5, 0.6) is 5.75 Å². The summed E-state index contributed by atoms with van der Waals surface area (Å²) in [4.78, 5) is 6.29. The smallest absolute Gasteiger partial charge is 0.406 e. The molecule has 0 unspecified atom stereocenters. The molecule has 0 spiro atoms. The van der Waals surface area contributed by atoms with Gasteiger partial charge in [-0.1, -0.05) is 0 Å². The molecule has 0 radical (unpaired) electrons. The number of aliphatic hydroxyl groups excluding tert-OH is 1. The first-order chi connectivity index (χ1) is 14.8. The summed E-state index contributed by atoms with van der Waals surface area (Å²) in [5, 5.41) is 17.9. The van der Waals surface area contributed by atoms with Gasteiger partial charge in [-0.3, -0.25) is 0 Å². The molecule has 31 heavy (non-hydrogen) atoms. The lowest BCUT2D eigenvalue weighted by Gasteiger charge is -2.45. The Balaban J connectivity index is 1.56. The van der Waals surface area contributed by atoms with Gasteiger partial charge in [0.15, 0.2) is 11.3 Å². The molecule has 3 aromatic rings. The van der Waals surface area contributed by atoms with E-state index in [4.69, 9.17) is 5.10 Å². The zero-order chi connectivity index (χ0) is 21.8. The average Bonchev–Trinajstić information content (AvgIpc) is 3.03. The molecule has 0 amide bonds. The van der Waals surface area contributed by atoms with E-state index in [9.17, 15) is 22.7 Å². The van der Waals surface area contributed by atoms with E-state index in [-0.39, 0.29) is 24.8 Å². The molecular weight excluding hydrogens is 418 g/mol. The number of benzene rings is 1. The molecule has 2 aliphatic rings. The van der Waals surface area contributed by atoms with E-state index in [0.29, 0.717) is 11.3 Å². The Labute approximate surface area is 174 Å². The number of aromatic nitrogens is 3. The Kier molecular flexibility index (Phi) is 4.56. The van der Waals surface area contributed by atoms with Crippen LogP contribution in [0.3, 0.4) is 0 Å². The van der Waals surface area contributed by atoms with Crippen LogP contribution in [-0.4, -0.2) is 64.7 Å². The van der Waals surface area contributed by atoms with E-state index in [1.54, 1.807) is 16.9 Å². The number of pyridine rings is 1. The standard InChI is InChI=1S/C20H19F4N5O2/c21-19(11-30)9-28(10-19)15-5-6-26-18-16(15)17(12-7-25-8-12)27-29(18)13-1-3-14(4-2-13)31-20(22,23)24/h1-6,12,25,30H,7-11H2. The first-order valence-electron chi connectivity index (χ1n) is 9.76. The second-order valence-corrected chi connectivity index (χ2v) is 7.89. The van der Waals surface area contributed by atoms with E-state index in [1.807, 2.05) is 4.90 Å². The molecule has 4 heterocycles. The van der Waals surface area contributed by atoms with Gasteiger partial charge in [-0.15, -0.1) is 13.2 Å². The summed E-state index contributed by atoms with van der Waals surface area (Å²) in [5.74, 6) is -0.178. The lowest BCUT2D eigenvalue weighted by Crippen LogP contribution is -2.61. The number of rotatable bonds is 5. The molecule has 1 aromatic carbocycles. The highest BCUT2D eigenvalue weighted by Crippen LogP contribution is 2.39. The van der Waals surface area contributed by atoms with Crippen LogP contribution in [0.15, 0.2) is 36.5 Å². The van der Waals surface area contributed by atoms with Gasteiger partial charge in [0.1, 0.15) is 5.75 Å². The summed E-state index contributed by atoms with van der Waals surface area (Å²) in [7, 11) is 0. The minimum atomic E-state index is -4.77. The summed E-state index contributed by atoms with van der Waals surface area (Å²) in [5.41, 5.74) is 1.01. The Morgan fingerprint density at radius 2 is 1.87 bits per heavy atom. The Morgan fingerprint density at radius 1 is 1.16 bits per heavy atom. The largest absolute Gasteiger partial charge is 0.573 e. The van der Waals surface area contributed by atoms with Crippen LogP contribution >= 0.6 is 0 Å². The number of nitrogens with one attached hydrogen (secondary N) is 1.